The molecule has 0 spiro atoms. The van der Waals surface area contributed by atoms with Gasteiger partial charge in [-0.25, -0.2) is 0 Å². The Hall–Kier alpha value is 0.500. The van der Waals surface area contributed by atoms with Crippen LogP contribution in [-0.2, 0) is 0 Å². The Balaban J connectivity index is 0.000000810. The van der Waals surface area contributed by atoms with Crippen molar-refractivity contribution in [3.8, 4) is 0 Å². The molecule has 0 unspecified atom stereocenters. The Kier molecular flexibility index (Phi) is 7.30. The zero-order chi connectivity index (χ0) is 10.8. The average Bonchev–Trinajstić information content (AvgIpc) is 3.03. The van der Waals surface area contributed by atoms with Crippen LogP contribution in [0, 0.1) is 0 Å². The maximum Gasteiger partial charge on any atom is 0.0879 e. The van der Waals surface area contributed by atoms with Crippen molar-refractivity contribution in [2.24, 2.45) is 0 Å². The first-order valence-electron chi connectivity index (χ1n) is 7.62. The monoisotopic (exact) mass is 294 g/mol. The predicted molar refractivity (Wildman–Crippen MR) is 65.9 cm³/mol. The number of nitrogens with one attached hydrogen (secondary N) is 2. The first-order chi connectivity index (χ1) is 7.93. The molecule has 0 aromatic rings. The average molecular weight is 295 g/mol. The fourth-order valence-electron chi connectivity index (χ4n) is 4.38. The maximum atomic E-state index is 1.95. The largest absolute Gasteiger partial charge is 1.00 e. The summed E-state index contributed by atoms with van der Waals surface area (Å²) in [4.78, 5) is 3.91. The van der Waals surface area contributed by atoms with Crippen molar-refractivity contribution in [2.45, 2.75) is 63.5 Å². The fourth-order valence-corrected chi connectivity index (χ4v) is 4.38. The lowest BCUT2D eigenvalue weighted by molar-refractivity contribution is -0.930. The second-order valence-electron chi connectivity index (χ2n) is 6.28. The lowest BCUT2D eigenvalue weighted by Gasteiger charge is -2.34. The van der Waals surface area contributed by atoms with Gasteiger partial charge in [0.1, 0.15) is 0 Å². The van der Waals surface area contributed by atoms with E-state index in [0.717, 1.165) is 12.1 Å². The van der Waals surface area contributed by atoms with Crippen LogP contribution in [-0.4, -0.2) is 38.3 Å². The van der Waals surface area contributed by atoms with Gasteiger partial charge < -0.3 is 34.6 Å². The highest BCUT2D eigenvalue weighted by molar-refractivity contribution is 4.73. The zero-order valence-electron chi connectivity index (χ0n) is 11.4. The van der Waals surface area contributed by atoms with Gasteiger partial charge in [0.05, 0.1) is 38.3 Å². The highest BCUT2D eigenvalue weighted by Gasteiger charge is 2.35. The molecule has 0 bridgehead atoms. The van der Waals surface area contributed by atoms with Crippen molar-refractivity contribution in [3.05, 3.63) is 0 Å². The molecule has 0 radical (unpaired) electrons. The normalized spacial score (nSPS) is 34.0. The predicted octanol–water partition coefficient (Wildman–Crippen LogP) is -6.34. The molecular weight excluding hydrogens is 267 g/mol. The van der Waals surface area contributed by atoms with Crippen molar-refractivity contribution in [2.75, 3.05) is 26.2 Å². The standard InChI is InChI=1S/C14H26N2.2ClH/c1-2-10-15(9-1)13-5-7-14(8-6-13)16-11-3-4-12-16;;/h13-14H,1-12H2;2*1H. The highest BCUT2D eigenvalue weighted by Crippen LogP contribution is 2.16. The molecule has 0 amide bonds. The second-order valence-corrected chi connectivity index (χ2v) is 6.28. The minimum atomic E-state index is 0. The number of hydrogen-bond donors (Lipinski definition) is 2. The van der Waals surface area contributed by atoms with Gasteiger partial charge in [0.25, 0.3) is 0 Å². The molecule has 3 rings (SSSR count). The number of likely N-dealkylation sites (tertiary alicyclic amines) is 2. The molecule has 2 N–H and O–H groups in total. The van der Waals surface area contributed by atoms with Gasteiger partial charge in [-0.05, 0) is 0 Å². The second kappa shape index (κ2) is 7.94. The lowest BCUT2D eigenvalue weighted by Crippen LogP contribution is -3.16. The summed E-state index contributed by atoms with van der Waals surface area (Å²) in [5.41, 5.74) is 0. The van der Waals surface area contributed by atoms with Crippen LogP contribution in [0.2, 0.25) is 0 Å². The molecule has 0 aromatic heterocycles. The van der Waals surface area contributed by atoms with E-state index in [1.165, 1.54) is 77.5 Å². The van der Waals surface area contributed by atoms with Gasteiger partial charge in [-0.3, -0.25) is 0 Å². The van der Waals surface area contributed by atoms with Crippen molar-refractivity contribution in [1.29, 1.82) is 0 Å². The molecule has 18 heavy (non-hydrogen) atoms. The minimum Gasteiger partial charge on any atom is -1.00 e. The number of hydrogen-bond acceptors (Lipinski definition) is 0. The molecular formula is C14H28Cl2N2. The summed E-state index contributed by atoms with van der Waals surface area (Å²) < 4.78 is 0. The molecule has 1 aliphatic carbocycles. The zero-order valence-corrected chi connectivity index (χ0v) is 12.9. The molecule has 2 nitrogen and oxygen atoms in total. The number of quaternary nitrogens is 2. The Bertz CT molecular complexity index is 194. The van der Waals surface area contributed by atoms with Crippen LogP contribution < -0.4 is 34.6 Å². The molecule has 108 valence electrons. The summed E-state index contributed by atoms with van der Waals surface area (Å²) in [7, 11) is 0. The van der Waals surface area contributed by atoms with Crippen molar-refractivity contribution in [3.63, 3.8) is 0 Å². The molecule has 1 saturated carbocycles. The summed E-state index contributed by atoms with van der Waals surface area (Å²) >= 11 is 0. The summed E-state index contributed by atoms with van der Waals surface area (Å²) in [6.45, 7) is 5.91. The van der Waals surface area contributed by atoms with Gasteiger partial charge in [0.2, 0.25) is 0 Å². The molecule has 2 aliphatic heterocycles. The van der Waals surface area contributed by atoms with E-state index in [2.05, 4.69) is 0 Å². The van der Waals surface area contributed by atoms with Crippen LogP contribution in [0.3, 0.4) is 0 Å². The molecule has 0 atom stereocenters. The van der Waals surface area contributed by atoms with Crippen LogP contribution in [0.5, 0.6) is 0 Å². The van der Waals surface area contributed by atoms with Gasteiger partial charge in [-0.2, -0.15) is 0 Å². The molecule has 3 aliphatic rings. The van der Waals surface area contributed by atoms with Crippen molar-refractivity contribution >= 4 is 0 Å². The molecule has 4 heteroatoms. The van der Waals surface area contributed by atoms with Gasteiger partial charge in [-0.15, -0.1) is 0 Å². The van der Waals surface area contributed by atoms with E-state index >= 15 is 0 Å². The number of rotatable bonds is 2. The van der Waals surface area contributed by atoms with Crippen LogP contribution in [0.15, 0.2) is 0 Å². The number of halogens is 2. The van der Waals surface area contributed by atoms with E-state index in [-0.39, 0.29) is 24.8 Å². The van der Waals surface area contributed by atoms with E-state index in [4.69, 9.17) is 0 Å². The summed E-state index contributed by atoms with van der Waals surface area (Å²) in [5, 5.41) is 0. The van der Waals surface area contributed by atoms with E-state index in [1.807, 2.05) is 9.80 Å². The Labute approximate surface area is 124 Å². The van der Waals surface area contributed by atoms with E-state index < -0.39 is 0 Å². The van der Waals surface area contributed by atoms with Gasteiger partial charge >= 0.3 is 0 Å². The van der Waals surface area contributed by atoms with Gasteiger partial charge in [0.15, 0.2) is 0 Å². The van der Waals surface area contributed by atoms with Crippen LogP contribution in [0.1, 0.15) is 51.4 Å². The molecule has 3 fully saturated rings. The first kappa shape index (κ1) is 16.6. The summed E-state index contributed by atoms with van der Waals surface area (Å²) in [6.07, 6.45) is 12.1. The van der Waals surface area contributed by atoms with Crippen LogP contribution >= 0.6 is 0 Å². The van der Waals surface area contributed by atoms with E-state index in [9.17, 15) is 0 Å². The van der Waals surface area contributed by atoms with Gasteiger partial charge in [0, 0.05) is 51.4 Å². The summed E-state index contributed by atoms with van der Waals surface area (Å²) in [5.74, 6) is 0. The molecule has 2 heterocycles. The molecule has 2 saturated heterocycles. The summed E-state index contributed by atoms with van der Waals surface area (Å²) in [6, 6.07) is 2.08. The maximum absolute atomic E-state index is 1.95. The van der Waals surface area contributed by atoms with Crippen molar-refractivity contribution < 1.29 is 34.6 Å². The van der Waals surface area contributed by atoms with Crippen LogP contribution in [0.25, 0.3) is 0 Å². The Morgan fingerprint density at radius 3 is 1.06 bits per heavy atom. The van der Waals surface area contributed by atoms with Gasteiger partial charge in [-0.1, -0.05) is 0 Å². The first-order valence-corrected chi connectivity index (χ1v) is 7.62. The lowest BCUT2D eigenvalue weighted by atomic mass is 9.89. The van der Waals surface area contributed by atoms with E-state index in [0.29, 0.717) is 0 Å². The quantitative estimate of drug-likeness (QED) is 0.502. The van der Waals surface area contributed by atoms with Crippen LogP contribution in [0.4, 0.5) is 0 Å². The van der Waals surface area contributed by atoms with E-state index in [1.54, 1.807) is 0 Å². The highest BCUT2D eigenvalue weighted by atomic mass is 35.5. The van der Waals surface area contributed by atoms with Crippen molar-refractivity contribution in [1.82, 2.24) is 0 Å². The molecule has 0 aromatic carbocycles. The topological polar surface area (TPSA) is 8.88 Å². The Morgan fingerprint density at radius 2 is 0.778 bits per heavy atom. The smallest absolute Gasteiger partial charge is 0.0879 e. The Morgan fingerprint density at radius 1 is 0.500 bits per heavy atom. The third-order valence-corrected chi connectivity index (χ3v) is 5.37. The SMILES string of the molecule is C1CC[NH+](C2CCC([NH+]3CCCC3)CC2)C1.[Cl-].[Cl-]. The minimum absolute atomic E-state index is 0. The fraction of sp³-hybridized carbons (Fsp3) is 1.00. The third-order valence-electron chi connectivity index (χ3n) is 5.37. The third kappa shape index (κ3) is 3.75.